The zero-order valence-electron chi connectivity index (χ0n) is 18.8. The van der Waals surface area contributed by atoms with Gasteiger partial charge in [-0.1, -0.05) is 36.4 Å². The van der Waals surface area contributed by atoms with Gasteiger partial charge in [0.2, 0.25) is 15.9 Å². The van der Waals surface area contributed by atoms with Crippen LogP contribution in [0, 0.1) is 27.7 Å². The Kier molecular flexibility index (Phi) is 7.51. The van der Waals surface area contributed by atoms with Gasteiger partial charge >= 0.3 is 0 Å². The topological polar surface area (TPSA) is 75.7 Å². The van der Waals surface area contributed by atoms with Crippen LogP contribution in [0.5, 0.6) is 0 Å². The summed E-state index contributed by atoms with van der Waals surface area (Å²) >= 11 is 0. The highest BCUT2D eigenvalue weighted by Crippen LogP contribution is 2.26. The summed E-state index contributed by atoms with van der Waals surface area (Å²) < 4.78 is 34.3. The third kappa shape index (κ3) is 5.53. The van der Waals surface area contributed by atoms with E-state index in [-0.39, 0.29) is 18.6 Å². The molecular formula is C24H32N2O4S. The molecule has 0 aromatic heterocycles. The molecule has 1 heterocycles. The molecule has 0 saturated carbocycles. The zero-order chi connectivity index (χ0) is 22.6. The van der Waals surface area contributed by atoms with Crippen molar-refractivity contribution in [1.29, 1.82) is 0 Å². The summed E-state index contributed by atoms with van der Waals surface area (Å²) in [7, 11) is -3.63. The molecule has 0 aliphatic carbocycles. The van der Waals surface area contributed by atoms with Crippen molar-refractivity contribution in [2.45, 2.75) is 51.5 Å². The van der Waals surface area contributed by atoms with E-state index in [4.69, 9.17) is 4.74 Å². The van der Waals surface area contributed by atoms with Crippen LogP contribution < -0.4 is 4.72 Å². The Morgan fingerprint density at radius 2 is 1.74 bits per heavy atom. The standard InChI is InChI=1S/C24H32N2O4S/c1-17-15-18(2)20(4)24(19(17)3)31(28,29)25-12-8-11-23(27)26-13-14-30-22(16-26)21-9-6-5-7-10-21/h5-7,9-10,15,22,25H,8,11-14,16H2,1-4H3. The number of hydrogen-bond acceptors (Lipinski definition) is 4. The molecule has 1 saturated heterocycles. The Bertz CT molecular complexity index is 1010. The lowest BCUT2D eigenvalue weighted by Crippen LogP contribution is -2.42. The van der Waals surface area contributed by atoms with E-state index in [9.17, 15) is 13.2 Å². The SMILES string of the molecule is Cc1cc(C)c(C)c(S(=O)(=O)NCCCC(=O)N2CCOC(c3ccccc3)C2)c1C. The smallest absolute Gasteiger partial charge is 0.241 e. The largest absolute Gasteiger partial charge is 0.370 e. The van der Waals surface area contributed by atoms with Crippen molar-refractivity contribution < 1.29 is 17.9 Å². The Morgan fingerprint density at radius 3 is 2.39 bits per heavy atom. The molecule has 1 aliphatic rings. The summed E-state index contributed by atoms with van der Waals surface area (Å²) in [6.07, 6.45) is 0.635. The van der Waals surface area contributed by atoms with Crippen LogP contribution in [0.4, 0.5) is 0 Å². The number of hydrogen-bond donors (Lipinski definition) is 1. The number of nitrogens with one attached hydrogen (secondary N) is 1. The summed E-state index contributed by atoms with van der Waals surface area (Å²) in [6.45, 7) is 9.33. The highest BCUT2D eigenvalue weighted by molar-refractivity contribution is 7.89. The molecule has 6 nitrogen and oxygen atoms in total. The van der Waals surface area contributed by atoms with E-state index in [2.05, 4.69) is 4.72 Å². The van der Waals surface area contributed by atoms with Crippen molar-refractivity contribution in [1.82, 2.24) is 9.62 Å². The number of nitrogens with zero attached hydrogens (tertiary/aromatic N) is 1. The molecule has 1 fully saturated rings. The first-order chi connectivity index (χ1) is 14.7. The molecule has 0 radical (unpaired) electrons. The third-order valence-electron chi connectivity index (χ3n) is 6.02. The van der Waals surface area contributed by atoms with E-state index in [1.807, 2.05) is 69.0 Å². The number of ether oxygens (including phenoxy) is 1. The minimum Gasteiger partial charge on any atom is -0.370 e. The monoisotopic (exact) mass is 444 g/mol. The van der Waals surface area contributed by atoms with E-state index in [0.717, 1.165) is 27.8 Å². The van der Waals surface area contributed by atoms with Gasteiger partial charge in [0.25, 0.3) is 0 Å². The molecule has 0 bridgehead atoms. The highest BCUT2D eigenvalue weighted by Gasteiger charge is 2.25. The molecule has 1 atom stereocenters. The molecule has 1 aliphatic heterocycles. The molecule has 1 unspecified atom stereocenters. The molecule has 2 aromatic carbocycles. The predicted molar refractivity (Wildman–Crippen MR) is 122 cm³/mol. The molecule has 1 N–H and O–H groups in total. The minimum atomic E-state index is -3.63. The van der Waals surface area contributed by atoms with Crippen LogP contribution in [0.1, 0.15) is 46.8 Å². The predicted octanol–water partition coefficient (Wildman–Crippen LogP) is 3.58. The van der Waals surface area contributed by atoms with Gasteiger partial charge in [-0.05, 0) is 61.9 Å². The maximum Gasteiger partial charge on any atom is 0.241 e. The Hall–Kier alpha value is -2.22. The van der Waals surface area contributed by atoms with Crippen molar-refractivity contribution in [3.05, 3.63) is 64.2 Å². The molecule has 31 heavy (non-hydrogen) atoms. The maximum atomic E-state index is 12.9. The van der Waals surface area contributed by atoms with Crippen LogP contribution in [0.3, 0.4) is 0 Å². The van der Waals surface area contributed by atoms with Crippen LogP contribution in [-0.4, -0.2) is 45.5 Å². The van der Waals surface area contributed by atoms with Gasteiger partial charge in [0.1, 0.15) is 6.10 Å². The number of sulfonamides is 1. The molecule has 7 heteroatoms. The van der Waals surface area contributed by atoms with Crippen molar-refractivity contribution in [3.8, 4) is 0 Å². The maximum absolute atomic E-state index is 12.9. The van der Waals surface area contributed by atoms with Gasteiger partial charge in [-0.3, -0.25) is 4.79 Å². The molecule has 1 amide bonds. The lowest BCUT2D eigenvalue weighted by atomic mass is 10.0. The number of morpholine rings is 1. The molecule has 2 aromatic rings. The second kappa shape index (κ2) is 9.94. The van der Waals surface area contributed by atoms with Gasteiger partial charge in [0.05, 0.1) is 18.0 Å². The Labute approximate surface area is 185 Å². The summed E-state index contributed by atoms with van der Waals surface area (Å²) in [5.41, 5.74) is 4.52. The average Bonchev–Trinajstić information content (AvgIpc) is 2.76. The van der Waals surface area contributed by atoms with E-state index >= 15 is 0 Å². The molecular weight excluding hydrogens is 412 g/mol. The van der Waals surface area contributed by atoms with E-state index in [1.165, 1.54) is 0 Å². The number of aryl methyl sites for hydroxylation is 2. The van der Waals surface area contributed by atoms with Gasteiger partial charge in [0.15, 0.2) is 0 Å². The van der Waals surface area contributed by atoms with E-state index in [1.54, 1.807) is 0 Å². The fourth-order valence-electron chi connectivity index (χ4n) is 4.01. The number of rotatable bonds is 7. The normalized spacial score (nSPS) is 17.0. The summed E-state index contributed by atoms with van der Waals surface area (Å²) in [6, 6.07) is 11.9. The lowest BCUT2D eigenvalue weighted by molar-refractivity contribution is -0.139. The first-order valence-electron chi connectivity index (χ1n) is 10.7. The molecule has 3 rings (SSSR count). The number of amides is 1. The number of carbonyl (C=O) groups is 1. The Morgan fingerprint density at radius 1 is 1.10 bits per heavy atom. The van der Waals surface area contributed by atoms with Crippen LogP contribution in [0.15, 0.2) is 41.3 Å². The van der Waals surface area contributed by atoms with E-state index in [0.29, 0.717) is 37.4 Å². The first-order valence-corrected chi connectivity index (χ1v) is 12.2. The molecule has 0 spiro atoms. The zero-order valence-corrected chi connectivity index (χ0v) is 19.6. The van der Waals surface area contributed by atoms with Gasteiger partial charge in [-0.15, -0.1) is 0 Å². The second-order valence-electron chi connectivity index (χ2n) is 8.20. The fraction of sp³-hybridized carbons (Fsp3) is 0.458. The van der Waals surface area contributed by atoms with Gasteiger partial charge in [0, 0.05) is 19.5 Å². The van der Waals surface area contributed by atoms with Crippen LogP contribution >= 0.6 is 0 Å². The van der Waals surface area contributed by atoms with Crippen molar-refractivity contribution in [2.75, 3.05) is 26.2 Å². The van der Waals surface area contributed by atoms with Gasteiger partial charge < -0.3 is 9.64 Å². The van der Waals surface area contributed by atoms with Crippen molar-refractivity contribution >= 4 is 15.9 Å². The first kappa shape index (κ1) is 23.4. The molecule has 168 valence electrons. The van der Waals surface area contributed by atoms with Crippen LogP contribution in [0.2, 0.25) is 0 Å². The lowest BCUT2D eigenvalue weighted by Gasteiger charge is -2.33. The van der Waals surface area contributed by atoms with Gasteiger partial charge in [-0.25, -0.2) is 13.1 Å². The number of carbonyl (C=O) groups excluding carboxylic acids is 1. The highest BCUT2D eigenvalue weighted by atomic mass is 32.2. The summed E-state index contributed by atoms with van der Waals surface area (Å²) in [5, 5.41) is 0. The van der Waals surface area contributed by atoms with Crippen LogP contribution in [-0.2, 0) is 19.6 Å². The van der Waals surface area contributed by atoms with Crippen molar-refractivity contribution in [2.24, 2.45) is 0 Å². The number of benzene rings is 2. The quantitative estimate of drug-likeness (QED) is 0.663. The average molecular weight is 445 g/mol. The van der Waals surface area contributed by atoms with Crippen LogP contribution in [0.25, 0.3) is 0 Å². The Balaban J connectivity index is 1.54. The summed E-state index contributed by atoms with van der Waals surface area (Å²) in [5.74, 6) is 0.0298. The summed E-state index contributed by atoms with van der Waals surface area (Å²) in [4.78, 5) is 14.8. The van der Waals surface area contributed by atoms with E-state index < -0.39 is 10.0 Å². The fourth-order valence-corrected chi connectivity index (χ4v) is 5.69. The minimum absolute atomic E-state index is 0.0298. The second-order valence-corrected chi connectivity index (χ2v) is 9.90. The van der Waals surface area contributed by atoms with Gasteiger partial charge in [-0.2, -0.15) is 0 Å². The van der Waals surface area contributed by atoms with Crippen molar-refractivity contribution in [3.63, 3.8) is 0 Å². The third-order valence-corrected chi connectivity index (χ3v) is 7.75.